The standard InChI is InChI=1S/C9H11NO2/c11-5-9-8-2-1-7(12)3-6(8)4-10-9/h1-3,9-12H,4-5H2/t9-/m0/s1. The minimum atomic E-state index is 0.0422. The van der Waals surface area contributed by atoms with E-state index < -0.39 is 0 Å². The second kappa shape index (κ2) is 2.77. The van der Waals surface area contributed by atoms with Gasteiger partial charge in [-0.1, -0.05) is 6.07 Å². The molecule has 3 heteroatoms. The molecule has 0 radical (unpaired) electrons. The molecule has 1 atom stereocenters. The van der Waals surface area contributed by atoms with E-state index in [1.165, 1.54) is 0 Å². The Hall–Kier alpha value is -1.06. The van der Waals surface area contributed by atoms with Crippen LogP contribution in [0.25, 0.3) is 0 Å². The molecule has 1 heterocycles. The fourth-order valence-corrected chi connectivity index (χ4v) is 1.59. The molecule has 3 N–H and O–H groups in total. The number of aliphatic hydroxyl groups excluding tert-OH is 1. The molecule has 1 aliphatic rings. The highest BCUT2D eigenvalue weighted by atomic mass is 16.3. The Bertz CT molecular complexity index is 299. The smallest absolute Gasteiger partial charge is 0.115 e. The molecular formula is C9H11NO2. The van der Waals surface area contributed by atoms with Crippen LogP contribution in [0.3, 0.4) is 0 Å². The Kier molecular flexibility index (Phi) is 1.75. The third-order valence-electron chi connectivity index (χ3n) is 2.22. The summed E-state index contributed by atoms with van der Waals surface area (Å²) in [5.74, 6) is 0.286. The van der Waals surface area contributed by atoms with Gasteiger partial charge in [-0.15, -0.1) is 0 Å². The topological polar surface area (TPSA) is 52.5 Å². The van der Waals surface area contributed by atoms with Crippen LogP contribution in [0, 0.1) is 0 Å². The van der Waals surface area contributed by atoms with Crippen molar-refractivity contribution in [2.24, 2.45) is 0 Å². The Balaban J connectivity index is 2.40. The number of aliphatic hydroxyl groups is 1. The van der Waals surface area contributed by atoms with Crippen LogP contribution in [0.2, 0.25) is 0 Å². The van der Waals surface area contributed by atoms with E-state index in [1.54, 1.807) is 12.1 Å². The number of hydrogen-bond acceptors (Lipinski definition) is 3. The summed E-state index contributed by atoms with van der Waals surface area (Å²) in [5, 5.41) is 21.3. The lowest BCUT2D eigenvalue weighted by atomic mass is 10.1. The van der Waals surface area contributed by atoms with Crippen LogP contribution in [-0.4, -0.2) is 16.8 Å². The van der Waals surface area contributed by atoms with Crippen LogP contribution in [-0.2, 0) is 6.54 Å². The molecule has 0 unspecified atom stereocenters. The molecule has 64 valence electrons. The fourth-order valence-electron chi connectivity index (χ4n) is 1.59. The average Bonchev–Trinajstić information content (AvgIpc) is 2.46. The summed E-state index contributed by atoms with van der Waals surface area (Å²) < 4.78 is 0. The van der Waals surface area contributed by atoms with Crippen molar-refractivity contribution in [1.82, 2.24) is 5.32 Å². The van der Waals surface area contributed by atoms with Gasteiger partial charge in [0.1, 0.15) is 5.75 Å². The molecule has 0 amide bonds. The van der Waals surface area contributed by atoms with Crippen molar-refractivity contribution in [3.63, 3.8) is 0 Å². The number of rotatable bonds is 1. The molecule has 1 aromatic rings. The van der Waals surface area contributed by atoms with Crippen molar-refractivity contribution < 1.29 is 10.2 Å². The Morgan fingerprint density at radius 2 is 2.33 bits per heavy atom. The monoisotopic (exact) mass is 165 g/mol. The van der Waals surface area contributed by atoms with E-state index in [1.807, 2.05) is 6.07 Å². The molecule has 0 saturated carbocycles. The number of hydrogen-bond donors (Lipinski definition) is 3. The second-order valence-electron chi connectivity index (χ2n) is 3.00. The highest BCUT2D eigenvalue weighted by Gasteiger charge is 2.20. The normalized spacial score (nSPS) is 20.9. The lowest BCUT2D eigenvalue weighted by molar-refractivity contribution is 0.251. The van der Waals surface area contributed by atoms with Gasteiger partial charge < -0.3 is 15.5 Å². The summed E-state index contributed by atoms with van der Waals surface area (Å²) in [4.78, 5) is 0. The number of aromatic hydroxyl groups is 1. The summed E-state index contributed by atoms with van der Waals surface area (Å²) in [6.45, 7) is 0.840. The predicted octanol–water partition coefficient (Wildman–Crippen LogP) is 0.529. The van der Waals surface area contributed by atoms with E-state index in [9.17, 15) is 0 Å². The molecular weight excluding hydrogens is 154 g/mol. The first kappa shape index (κ1) is 7.58. The van der Waals surface area contributed by atoms with Crippen LogP contribution in [0.1, 0.15) is 17.2 Å². The molecule has 0 aliphatic carbocycles. The van der Waals surface area contributed by atoms with Gasteiger partial charge >= 0.3 is 0 Å². The fraction of sp³-hybridized carbons (Fsp3) is 0.333. The highest BCUT2D eigenvalue weighted by molar-refractivity contribution is 5.39. The van der Waals surface area contributed by atoms with Gasteiger partial charge in [-0.05, 0) is 23.3 Å². The van der Waals surface area contributed by atoms with Crippen molar-refractivity contribution >= 4 is 0 Å². The lowest BCUT2D eigenvalue weighted by Crippen LogP contribution is -2.15. The zero-order valence-electron chi connectivity index (χ0n) is 6.62. The van der Waals surface area contributed by atoms with E-state index in [0.29, 0.717) is 0 Å². The maximum absolute atomic E-state index is 9.17. The van der Waals surface area contributed by atoms with Crippen LogP contribution < -0.4 is 5.32 Å². The maximum Gasteiger partial charge on any atom is 0.115 e. The first-order chi connectivity index (χ1) is 5.81. The van der Waals surface area contributed by atoms with Gasteiger partial charge in [-0.25, -0.2) is 0 Å². The quantitative estimate of drug-likeness (QED) is 0.569. The van der Waals surface area contributed by atoms with Crippen LogP contribution in [0.4, 0.5) is 0 Å². The van der Waals surface area contributed by atoms with Gasteiger partial charge in [0.25, 0.3) is 0 Å². The van der Waals surface area contributed by atoms with E-state index >= 15 is 0 Å². The van der Waals surface area contributed by atoms with Gasteiger partial charge in [0.15, 0.2) is 0 Å². The molecule has 1 aromatic carbocycles. The SMILES string of the molecule is OC[C@@H]1NCc2cc(O)ccc21. The number of benzene rings is 1. The average molecular weight is 165 g/mol. The third kappa shape index (κ3) is 1.07. The van der Waals surface area contributed by atoms with E-state index in [4.69, 9.17) is 10.2 Å². The number of phenols is 1. The van der Waals surface area contributed by atoms with E-state index in [-0.39, 0.29) is 18.4 Å². The second-order valence-corrected chi connectivity index (χ2v) is 3.00. The minimum absolute atomic E-state index is 0.0422. The first-order valence-electron chi connectivity index (χ1n) is 3.97. The van der Waals surface area contributed by atoms with Crippen molar-refractivity contribution in [2.75, 3.05) is 6.61 Å². The number of phenolic OH excluding ortho intramolecular Hbond substituents is 1. The molecule has 2 rings (SSSR count). The molecule has 1 aliphatic heterocycles. The summed E-state index contributed by atoms with van der Waals surface area (Å²) in [5.41, 5.74) is 2.17. The zero-order valence-corrected chi connectivity index (χ0v) is 6.62. The third-order valence-corrected chi connectivity index (χ3v) is 2.22. The summed E-state index contributed by atoms with van der Waals surface area (Å²) in [6.07, 6.45) is 0. The van der Waals surface area contributed by atoms with Gasteiger partial charge in [-0.2, -0.15) is 0 Å². The van der Waals surface area contributed by atoms with Gasteiger partial charge in [0.05, 0.1) is 12.6 Å². The first-order valence-corrected chi connectivity index (χ1v) is 3.97. The van der Waals surface area contributed by atoms with Gasteiger partial charge in [0.2, 0.25) is 0 Å². The predicted molar refractivity (Wildman–Crippen MR) is 44.8 cm³/mol. The Labute approximate surface area is 70.7 Å². The van der Waals surface area contributed by atoms with Crippen LogP contribution in [0.5, 0.6) is 5.75 Å². The summed E-state index contributed by atoms with van der Waals surface area (Å²) >= 11 is 0. The van der Waals surface area contributed by atoms with Crippen molar-refractivity contribution in [2.45, 2.75) is 12.6 Å². The molecule has 0 bridgehead atoms. The molecule has 0 saturated heterocycles. The largest absolute Gasteiger partial charge is 0.508 e. The maximum atomic E-state index is 9.17. The van der Waals surface area contributed by atoms with Crippen molar-refractivity contribution in [3.05, 3.63) is 29.3 Å². The molecule has 0 fully saturated rings. The zero-order chi connectivity index (χ0) is 8.55. The van der Waals surface area contributed by atoms with Crippen LogP contribution >= 0.6 is 0 Å². The lowest BCUT2D eigenvalue weighted by Gasteiger charge is -2.06. The molecule has 12 heavy (non-hydrogen) atoms. The molecule has 0 aromatic heterocycles. The minimum Gasteiger partial charge on any atom is -0.508 e. The summed E-state index contributed by atoms with van der Waals surface area (Å²) in [7, 11) is 0. The van der Waals surface area contributed by atoms with Gasteiger partial charge in [0, 0.05) is 6.54 Å². The van der Waals surface area contributed by atoms with Crippen LogP contribution in [0.15, 0.2) is 18.2 Å². The molecule has 3 nitrogen and oxygen atoms in total. The molecule has 0 spiro atoms. The van der Waals surface area contributed by atoms with Gasteiger partial charge in [-0.3, -0.25) is 0 Å². The van der Waals surface area contributed by atoms with Crippen molar-refractivity contribution in [1.29, 1.82) is 0 Å². The van der Waals surface area contributed by atoms with E-state index in [0.717, 1.165) is 17.7 Å². The van der Waals surface area contributed by atoms with Crippen molar-refractivity contribution in [3.8, 4) is 5.75 Å². The summed E-state index contributed by atoms with van der Waals surface area (Å²) in [6, 6.07) is 5.28. The number of nitrogens with one attached hydrogen (secondary N) is 1. The highest BCUT2D eigenvalue weighted by Crippen LogP contribution is 2.27. The van der Waals surface area contributed by atoms with E-state index in [2.05, 4.69) is 5.32 Å². The Morgan fingerprint density at radius 1 is 1.50 bits per heavy atom. The number of fused-ring (bicyclic) bond motifs is 1. The Morgan fingerprint density at radius 3 is 3.08 bits per heavy atom.